The van der Waals surface area contributed by atoms with Gasteiger partial charge in [0.15, 0.2) is 0 Å². The van der Waals surface area contributed by atoms with E-state index in [2.05, 4.69) is 43.5 Å². The van der Waals surface area contributed by atoms with Crippen molar-refractivity contribution in [2.45, 2.75) is 6.42 Å². The maximum absolute atomic E-state index is 5.58. The normalized spacial score (nSPS) is 16.7. The number of ether oxygens (including phenoxy) is 2. The lowest BCUT2D eigenvalue weighted by Crippen LogP contribution is -2.37. The number of rotatable bonds is 7. The fraction of sp³-hybridized carbons (Fsp3) is 0.379. The molecule has 0 saturated carbocycles. The van der Waals surface area contributed by atoms with Crippen LogP contribution in [-0.4, -0.2) is 94.0 Å². The number of hydrogen-bond acceptors (Lipinski definition) is 9. The van der Waals surface area contributed by atoms with Gasteiger partial charge in [-0.05, 0) is 24.3 Å². The summed E-state index contributed by atoms with van der Waals surface area (Å²) in [7, 11) is 2.02. The Balaban J connectivity index is 1.21. The highest BCUT2D eigenvalue weighted by Crippen LogP contribution is 2.30. The van der Waals surface area contributed by atoms with Gasteiger partial charge in [0.2, 0.25) is 5.95 Å². The number of aryl methyl sites for hydroxylation is 1. The van der Waals surface area contributed by atoms with Crippen molar-refractivity contribution in [1.82, 2.24) is 34.8 Å². The fourth-order valence-electron chi connectivity index (χ4n) is 5.48. The lowest BCUT2D eigenvalue weighted by molar-refractivity contribution is 0.0383. The van der Waals surface area contributed by atoms with Crippen LogP contribution >= 0.6 is 0 Å². The second kappa shape index (κ2) is 10.8. The molecule has 2 aliphatic rings. The minimum Gasteiger partial charge on any atom is -0.379 e. The molecule has 0 bridgehead atoms. The molecule has 3 aromatic heterocycles. The van der Waals surface area contributed by atoms with Gasteiger partial charge in [0.1, 0.15) is 5.82 Å². The number of fused-ring (bicyclic) bond motifs is 2. The molecule has 5 heterocycles. The molecule has 11 heteroatoms. The van der Waals surface area contributed by atoms with Gasteiger partial charge >= 0.3 is 0 Å². The number of aromatic nitrogens is 6. The number of anilines is 3. The number of nitrogens with one attached hydrogen (secondary N) is 2. The van der Waals surface area contributed by atoms with Crippen molar-refractivity contribution in [3.05, 3.63) is 54.4 Å². The molecule has 0 aliphatic carbocycles. The molecule has 0 radical (unpaired) electrons. The van der Waals surface area contributed by atoms with Gasteiger partial charge in [-0.25, -0.2) is 4.98 Å². The van der Waals surface area contributed by atoms with Crippen LogP contribution in [0.2, 0.25) is 0 Å². The molecule has 0 atom stereocenters. The van der Waals surface area contributed by atoms with Crippen molar-refractivity contribution in [2.24, 2.45) is 7.05 Å². The molecular weight excluding hydrogens is 506 g/mol. The lowest BCUT2D eigenvalue weighted by Gasteiger charge is -2.27. The predicted octanol–water partition coefficient (Wildman–Crippen LogP) is 3.36. The number of nitrogens with zero attached hydrogens (tertiary/aromatic N) is 7. The first-order valence-electron chi connectivity index (χ1n) is 13.9. The number of benzene rings is 2. The zero-order valence-corrected chi connectivity index (χ0v) is 22.6. The Morgan fingerprint density at radius 2 is 1.75 bits per heavy atom. The number of morpholine rings is 2. The Kier molecular flexibility index (Phi) is 6.76. The summed E-state index contributed by atoms with van der Waals surface area (Å²) in [6, 6.07) is 14.6. The Labute approximate surface area is 232 Å². The van der Waals surface area contributed by atoms with Crippen LogP contribution in [0.25, 0.3) is 33.1 Å². The Bertz CT molecular complexity index is 1630. The summed E-state index contributed by atoms with van der Waals surface area (Å²) >= 11 is 0. The van der Waals surface area contributed by atoms with Crippen molar-refractivity contribution in [3.63, 3.8) is 0 Å². The van der Waals surface area contributed by atoms with E-state index in [1.54, 1.807) is 0 Å². The fourth-order valence-corrected chi connectivity index (χ4v) is 5.48. The van der Waals surface area contributed by atoms with Gasteiger partial charge in [-0.15, -0.1) is 0 Å². The van der Waals surface area contributed by atoms with Crippen molar-refractivity contribution >= 4 is 39.3 Å². The van der Waals surface area contributed by atoms with Gasteiger partial charge in [0.25, 0.3) is 0 Å². The summed E-state index contributed by atoms with van der Waals surface area (Å²) in [6.45, 7) is 7.44. The molecule has 2 aliphatic heterocycles. The molecule has 2 saturated heterocycles. The smallest absolute Gasteiger partial charge is 0.228 e. The first-order chi connectivity index (χ1) is 19.7. The van der Waals surface area contributed by atoms with E-state index < -0.39 is 0 Å². The van der Waals surface area contributed by atoms with Crippen LogP contribution in [0.1, 0.15) is 5.69 Å². The van der Waals surface area contributed by atoms with Crippen molar-refractivity contribution in [2.75, 3.05) is 69.4 Å². The van der Waals surface area contributed by atoms with Gasteiger partial charge in [-0.2, -0.15) is 15.2 Å². The second-order valence-electron chi connectivity index (χ2n) is 10.3. The number of aromatic amines is 1. The summed E-state index contributed by atoms with van der Waals surface area (Å²) < 4.78 is 13.1. The first kappa shape index (κ1) is 24.9. The summed E-state index contributed by atoms with van der Waals surface area (Å²) in [5.41, 5.74) is 6.02. The molecule has 206 valence electrons. The molecule has 2 N–H and O–H groups in total. The molecule has 11 nitrogen and oxygen atoms in total. The lowest BCUT2D eigenvalue weighted by atomic mass is 10.1. The highest BCUT2D eigenvalue weighted by molar-refractivity contribution is 5.87. The van der Waals surface area contributed by atoms with E-state index in [1.165, 1.54) is 5.39 Å². The third kappa shape index (κ3) is 5.10. The zero-order valence-electron chi connectivity index (χ0n) is 22.6. The van der Waals surface area contributed by atoms with Crippen LogP contribution in [0.15, 0.2) is 48.7 Å². The first-order valence-corrected chi connectivity index (χ1v) is 13.9. The summed E-state index contributed by atoms with van der Waals surface area (Å²) in [5.74, 6) is 1.43. The van der Waals surface area contributed by atoms with E-state index >= 15 is 0 Å². The van der Waals surface area contributed by atoms with Gasteiger partial charge in [-0.1, -0.05) is 12.1 Å². The van der Waals surface area contributed by atoms with Crippen LogP contribution in [-0.2, 0) is 22.9 Å². The van der Waals surface area contributed by atoms with Gasteiger partial charge in [0.05, 0.1) is 55.0 Å². The Morgan fingerprint density at radius 3 is 2.60 bits per heavy atom. The minimum absolute atomic E-state index is 0.668. The third-order valence-electron chi connectivity index (χ3n) is 7.71. The topological polar surface area (TPSA) is 109 Å². The predicted molar refractivity (Wildman–Crippen MR) is 155 cm³/mol. The molecule has 2 fully saturated rings. The molecule has 5 aromatic rings. The van der Waals surface area contributed by atoms with E-state index in [0.29, 0.717) is 19.2 Å². The maximum Gasteiger partial charge on any atom is 0.228 e. The standard InChI is InChI=1S/C29H33N9O2/c1-36-27-16-20(3-5-23(27)24(35-36)6-7-37-8-12-39-13-9-37)25-18-28(33-29(32-25)38-10-14-40-15-11-38)31-22-4-2-21-19-30-34-26(21)17-22/h2-5,16-19H,6-15H2,1H3,(H,30,34)(H,31,32,33). The number of hydrogen-bond donors (Lipinski definition) is 2. The van der Waals surface area contributed by atoms with E-state index in [-0.39, 0.29) is 0 Å². The van der Waals surface area contributed by atoms with Crippen molar-refractivity contribution in [3.8, 4) is 11.3 Å². The summed E-state index contributed by atoms with van der Waals surface area (Å²) in [4.78, 5) is 14.5. The average molecular weight is 540 g/mol. The zero-order chi connectivity index (χ0) is 26.9. The van der Waals surface area contributed by atoms with Gasteiger partial charge < -0.3 is 19.7 Å². The van der Waals surface area contributed by atoms with Crippen molar-refractivity contribution in [1.29, 1.82) is 0 Å². The molecule has 0 amide bonds. The monoisotopic (exact) mass is 539 g/mol. The van der Waals surface area contributed by atoms with Crippen LogP contribution in [0.5, 0.6) is 0 Å². The maximum atomic E-state index is 5.58. The summed E-state index contributed by atoms with van der Waals surface area (Å²) in [5, 5.41) is 17.8. The largest absolute Gasteiger partial charge is 0.379 e. The SMILES string of the molecule is Cn1nc(CCN2CCOCC2)c2ccc(-c3cc(Nc4ccc5cn[nH]c5c4)nc(N4CCOCC4)n3)cc21. The number of H-pyrrole nitrogens is 1. The molecule has 0 spiro atoms. The minimum atomic E-state index is 0.668. The van der Waals surface area contributed by atoms with Crippen LogP contribution in [0, 0.1) is 0 Å². The van der Waals surface area contributed by atoms with E-state index in [9.17, 15) is 0 Å². The average Bonchev–Trinajstić information content (AvgIpc) is 3.60. The van der Waals surface area contributed by atoms with E-state index in [1.807, 2.05) is 42.2 Å². The van der Waals surface area contributed by atoms with E-state index in [4.69, 9.17) is 24.5 Å². The molecule has 40 heavy (non-hydrogen) atoms. The van der Waals surface area contributed by atoms with Crippen LogP contribution in [0.4, 0.5) is 17.5 Å². The van der Waals surface area contributed by atoms with Gasteiger partial charge in [-0.3, -0.25) is 14.7 Å². The highest BCUT2D eigenvalue weighted by Gasteiger charge is 2.18. The van der Waals surface area contributed by atoms with Crippen molar-refractivity contribution < 1.29 is 9.47 Å². The van der Waals surface area contributed by atoms with E-state index in [0.717, 1.165) is 97.2 Å². The van der Waals surface area contributed by atoms with Crippen LogP contribution < -0.4 is 10.2 Å². The molecule has 7 rings (SSSR count). The molecule has 2 aromatic carbocycles. The molecule has 0 unspecified atom stereocenters. The third-order valence-corrected chi connectivity index (χ3v) is 7.71. The quantitative estimate of drug-likeness (QED) is 0.322. The Hall–Kier alpha value is -4.06. The van der Waals surface area contributed by atoms with Crippen LogP contribution in [0.3, 0.4) is 0 Å². The summed E-state index contributed by atoms with van der Waals surface area (Å²) in [6.07, 6.45) is 2.74. The molecular formula is C29H33N9O2. The highest BCUT2D eigenvalue weighted by atomic mass is 16.5. The second-order valence-corrected chi connectivity index (χ2v) is 10.3. The van der Waals surface area contributed by atoms with Gasteiger partial charge in [0, 0.05) is 74.3 Å². The Morgan fingerprint density at radius 1 is 0.925 bits per heavy atom.